The number of benzene rings is 1. The monoisotopic (exact) mass is 259 g/mol. The van der Waals surface area contributed by atoms with Crippen LogP contribution in [0, 0.1) is 0 Å². The highest BCUT2D eigenvalue weighted by Gasteiger charge is 2.35. The van der Waals surface area contributed by atoms with E-state index in [9.17, 15) is 9.90 Å². The number of hydrogen-bond acceptors (Lipinski definition) is 4. The van der Waals surface area contributed by atoms with E-state index in [0.29, 0.717) is 18.7 Å². The standard InChI is InChI=1S/C14H17N3O2/c1-3-14(4-2,13(18)19)17-12-10-7-5-6-8-11(10)15-9-16-12/h5-9H,3-4H2,1-2H3,(H,18,19)(H,15,16,17). The van der Waals surface area contributed by atoms with E-state index in [0.717, 1.165) is 10.9 Å². The summed E-state index contributed by atoms with van der Waals surface area (Å²) in [5.74, 6) is -0.295. The Morgan fingerprint density at radius 3 is 2.58 bits per heavy atom. The van der Waals surface area contributed by atoms with Gasteiger partial charge in [0.2, 0.25) is 0 Å². The normalized spacial score (nSPS) is 11.5. The van der Waals surface area contributed by atoms with Crippen LogP contribution < -0.4 is 5.32 Å². The van der Waals surface area contributed by atoms with Crippen LogP contribution in [-0.4, -0.2) is 26.6 Å². The second-order valence-corrected chi connectivity index (χ2v) is 4.46. The van der Waals surface area contributed by atoms with Gasteiger partial charge in [-0.1, -0.05) is 26.0 Å². The molecule has 100 valence electrons. The summed E-state index contributed by atoms with van der Waals surface area (Å²) in [6.45, 7) is 3.71. The average molecular weight is 259 g/mol. The fourth-order valence-corrected chi connectivity index (χ4v) is 2.11. The minimum absolute atomic E-state index is 0.483. The third kappa shape index (κ3) is 2.36. The number of aliphatic carboxylic acids is 1. The van der Waals surface area contributed by atoms with Crippen LogP contribution in [-0.2, 0) is 4.79 Å². The molecule has 2 rings (SSSR count). The first kappa shape index (κ1) is 13.3. The van der Waals surface area contributed by atoms with Crippen LogP contribution >= 0.6 is 0 Å². The van der Waals surface area contributed by atoms with Crippen LogP contribution in [0.2, 0.25) is 0 Å². The lowest BCUT2D eigenvalue weighted by molar-refractivity contribution is -0.142. The summed E-state index contributed by atoms with van der Waals surface area (Å²) in [6, 6.07) is 7.54. The Balaban J connectivity index is 2.48. The van der Waals surface area contributed by atoms with Crippen molar-refractivity contribution in [3.8, 4) is 0 Å². The molecule has 5 nitrogen and oxygen atoms in total. The number of aromatic nitrogens is 2. The van der Waals surface area contributed by atoms with Crippen molar-refractivity contribution in [3.63, 3.8) is 0 Å². The van der Waals surface area contributed by atoms with Gasteiger partial charge in [-0.15, -0.1) is 0 Å². The van der Waals surface area contributed by atoms with E-state index in [1.165, 1.54) is 6.33 Å². The first-order valence-corrected chi connectivity index (χ1v) is 6.34. The van der Waals surface area contributed by atoms with E-state index in [4.69, 9.17) is 0 Å². The van der Waals surface area contributed by atoms with Gasteiger partial charge in [0.15, 0.2) is 0 Å². The molecule has 0 bridgehead atoms. The Bertz CT molecular complexity index is 589. The van der Waals surface area contributed by atoms with E-state index in [-0.39, 0.29) is 0 Å². The molecule has 5 heteroatoms. The first-order chi connectivity index (χ1) is 9.13. The number of carboxylic acid groups (broad SMARTS) is 1. The zero-order valence-corrected chi connectivity index (χ0v) is 11.1. The molecule has 2 aromatic rings. The van der Waals surface area contributed by atoms with Gasteiger partial charge in [-0.2, -0.15) is 0 Å². The molecule has 0 aliphatic heterocycles. The van der Waals surface area contributed by atoms with E-state index in [2.05, 4.69) is 15.3 Å². The van der Waals surface area contributed by atoms with Gasteiger partial charge < -0.3 is 10.4 Å². The Kier molecular flexibility index (Phi) is 3.64. The number of nitrogens with one attached hydrogen (secondary N) is 1. The molecule has 0 saturated carbocycles. The Morgan fingerprint density at radius 2 is 1.95 bits per heavy atom. The quantitative estimate of drug-likeness (QED) is 0.863. The largest absolute Gasteiger partial charge is 0.480 e. The number of hydrogen-bond donors (Lipinski definition) is 2. The van der Waals surface area contributed by atoms with Crippen molar-refractivity contribution in [1.29, 1.82) is 0 Å². The van der Waals surface area contributed by atoms with Gasteiger partial charge in [-0.25, -0.2) is 14.8 Å². The second-order valence-electron chi connectivity index (χ2n) is 4.46. The molecule has 0 amide bonds. The first-order valence-electron chi connectivity index (χ1n) is 6.34. The Morgan fingerprint density at radius 1 is 1.26 bits per heavy atom. The predicted molar refractivity (Wildman–Crippen MR) is 74.1 cm³/mol. The van der Waals surface area contributed by atoms with Crippen molar-refractivity contribution in [1.82, 2.24) is 9.97 Å². The molecule has 0 aliphatic carbocycles. The maximum absolute atomic E-state index is 11.5. The molecule has 0 saturated heterocycles. The van der Waals surface area contributed by atoms with Crippen molar-refractivity contribution in [2.45, 2.75) is 32.2 Å². The van der Waals surface area contributed by atoms with Gasteiger partial charge in [-0.3, -0.25) is 0 Å². The lowest BCUT2D eigenvalue weighted by Crippen LogP contribution is -2.45. The van der Waals surface area contributed by atoms with Crippen molar-refractivity contribution in [2.75, 3.05) is 5.32 Å². The van der Waals surface area contributed by atoms with Crippen LogP contribution in [0.3, 0.4) is 0 Å². The van der Waals surface area contributed by atoms with Crippen LogP contribution in [0.5, 0.6) is 0 Å². The molecule has 0 spiro atoms. The minimum atomic E-state index is -0.989. The maximum atomic E-state index is 11.5. The summed E-state index contributed by atoms with van der Waals surface area (Å²) >= 11 is 0. The molecule has 0 unspecified atom stereocenters. The number of fused-ring (bicyclic) bond motifs is 1. The van der Waals surface area contributed by atoms with Gasteiger partial charge in [0, 0.05) is 5.39 Å². The summed E-state index contributed by atoms with van der Waals surface area (Å²) < 4.78 is 0. The number of para-hydroxylation sites is 1. The lowest BCUT2D eigenvalue weighted by Gasteiger charge is -2.29. The number of carbonyl (C=O) groups is 1. The van der Waals surface area contributed by atoms with Crippen LogP contribution in [0.25, 0.3) is 10.9 Å². The van der Waals surface area contributed by atoms with Gasteiger partial charge in [0.05, 0.1) is 5.52 Å². The van der Waals surface area contributed by atoms with Crippen LogP contribution in [0.15, 0.2) is 30.6 Å². The zero-order chi connectivity index (χ0) is 13.9. The van der Waals surface area contributed by atoms with E-state index < -0.39 is 11.5 Å². The van der Waals surface area contributed by atoms with E-state index in [1.807, 2.05) is 38.1 Å². The smallest absolute Gasteiger partial charge is 0.329 e. The van der Waals surface area contributed by atoms with E-state index >= 15 is 0 Å². The molecular formula is C14H17N3O2. The molecule has 19 heavy (non-hydrogen) atoms. The summed E-state index contributed by atoms with van der Waals surface area (Å²) in [7, 11) is 0. The number of rotatable bonds is 5. The molecule has 1 heterocycles. The average Bonchev–Trinajstić information content (AvgIpc) is 2.44. The summed E-state index contributed by atoms with van der Waals surface area (Å²) in [5.41, 5.74) is -0.191. The molecule has 2 N–H and O–H groups in total. The summed E-state index contributed by atoms with van der Waals surface area (Å²) in [4.78, 5) is 19.9. The van der Waals surface area contributed by atoms with Crippen molar-refractivity contribution in [2.24, 2.45) is 0 Å². The molecule has 1 aromatic carbocycles. The third-order valence-corrected chi connectivity index (χ3v) is 3.52. The highest BCUT2D eigenvalue weighted by atomic mass is 16.4. The van der Waals surface area contributed by atoms with Crippen molar-refractivity contribution < 1.29 is 9.90 Å². The minimum Gasteiger partial charge on any atom is -0.480 e. The SMILES string of the molecule is CCC(CC)(Nc1ncnc2ccccc12)C(=O)O. The third-order valence-electron chi connectivity index (χ3n) is 3.52. The fourth-order valence-electron chi connectivity index (χ4n) is 2.11. The van der Waals surface area contributed by atoms with Gasteiger partial charge in [-0.05, 0) is 25.0 Å². The highest BCUT2D eigenvalue weighted by molar-refractivity contribution is 5.92. The second kappa shape index (κ2) is 5.22. The molecular weight excluding hydrogens is 242 g/mol. The molecule has 0 aliphatic rings. The Labute approximate surface area is 111 Å². The summed E-state index contributed by atoms with van der Waals surface area (Å²) in [5, 5.41) is 13.4. The zero-order valence-electron chi connectivity index (χ0n) is 11.1. The van der Waals surface area contributed by atoms with Crippen LogP contribution in [0.1, 0.15) is 26.7 Å². The predicted octanol–water partition coefficient (Wildman–Crippen LogP) is 2.69. The van der Waals surface area contributed by atoms with E-state index in [1.54, 1.807) is 0 Å². The van der Waals surface area contributed by atoms with Crippen molar-refractivity contribution in [3.05, 3.63) is 30.6 Å². The number of nitrogens with zero attached hydrogens (tertiary/aromatic N) is 2. The molecule has 0 atom stereocenters. The summed E-state index contributed by atoms with van der Waals surface area (Å²) in [6.07, 6.45) is 2.41. The van der Waals surface area contributed by atoms with Gasteiger partial charge >= 0.3 is 5.97 Å². The van der Waals surface area contributed by atoms with Crippen LogP contribution in [0.4, 0.5) is 5.82 Å². The topological polar surface area (TPSA) is 75.1 Å². The number of anilines is 1. The highest BCUT2D eigenvalue weighted by Crippen LogP contribution is 2.26. The van der Waals surface area contributed by atoms with Gasteiger partial charge in [0.25, 0.3) is 0 Å². The number of carboxylic acids is 1. The molecule has 0 radical (unpaired) electrons. The maximum Gasteiger partial charge on any atom is 0.329 e. The lowest BCUT2D eigenvalue weighted by atomic mass is 9.93. The van der Waals surface area contributed by atoms with Gasteiger partial charge in [0.1, 0.15) is 17.7 Å². The Hall–Kier alpha value is -2.17. The fraction of sp³-hybridized carbons (Fsp3) is 0.357. The molecule has 0 fully saturated rings. The molecule has 1 aromatic heterocycles. The van der Waals surface area contributed by atoms with Crippen molar-refractivity contribution >= 4 is 22.7 Å².